The van der Waals surface area contributed by atoms with E-state index in [1.165, 1.54) is 0 Å². The molecule has 0 aromatic carbocycles. The Bertz CT molecular complexity index is 517. The van der Waals surface area contributed by atoms with Gasteiger partial charge in [-0.15, -0.1) is 0 Å². The summed E-state index contributed by atoms with van der Waals surface area (Å²) in [5.41, 5.74) is 1.24. The first-order valence-electron chi connectivity index (χ1n) is 7.12. The number of carbonyl (C=O) groups excluding carboxylic acids is 2. The highest BCUT2D eigenvalue weighted by atomic mass is 16.2. The number of nitrogens with one attached hydrogen (secondary N) is 1. The number of nitrogens with zero attached hydrogens (tertiary/aromatic N) is 3. The Kier molecular flexibility index (Phi) is 4.45. The lowest BCUT2D eigenvalue weighted by molar-refractivity contribution is -0.119. The molecule has 6 nitrogen and oxygen atoms in total. The van der Waals surface area contributed by atoms with Gasteiger partial charge in [0, 0.05) is 43.6 Å². The first kappa shape index (κ1) is 15.3. The lowest BCUT2D eigenvalue weighted by Gasteiger charge is -2.32. The molecule has 0 bridgehead atoms. The van der Waals surface area contributed by atoms with Gasteiger partial charge in [0.15, 0.2) is 0 Å². The monoisotopic (exact) mass is 290 g/mol. The third-order valence-electron chi connectivity index (χ3n) is 3.25. The van der Waals surface area contributed by atoms with E-state index in [0.717, 1.165) is 12.1 Å². The molecule has 0 atom stereocenters. The van der Waals surface area contributed by atoms with Gasteiger partial charge in [-0.3, -0.25) is 14.6 Å². The van der Waals surface area contributed by atoms with Gasteiger partial charge >= 0.3 is 0 Å². The molecule has 2 amide bonds. The standard InChI is InChI=1S/C15H22N4O2/c1-15(2,3)17-12-4-5-16-13(10-12)14(21)19-8-6-18(11-20)7-9-19/h4-5,10-11H,6-9H2,1-3H3,(H,16,17). The number of amides is 2. The molecule has 1 aliphatic rings. The van der Waals surface area contributed by atoms with E-state index in [1.807, 2.05) is 6.07 Å². The highest BCUT2D eigenvalue weighted by Gasteiger charge is 2.22. The third-order valence-corrected chi connectivity index (χ3v) is 3.25. The van der Waals surface area contributed by atoms with Crippen molar-refractivity contribution in [1.82, 2.24) is 14.8 Å². The molecule has 1 aromatic heterocycles. The number of aromatic nitrogens is 1. The van der Waals surface area contributed by atoms with Crippen molar-refractivity contribution in [2.75, 3.05) is 31.5 Å². The summed E-state index contributed by atoms with van der Waals surface area (Å²) in [4.78, 5) is 30.7. The predicted molar refractivity (Wildman–Crippen MR) is 81.2 cm³/mol. The zero-order valence-electron chi connectivity index (χ0n) is 12.8. The SMILES string of the molecule is CC(C)(C)Nc1ccnc(C(=O)N2CCN(C=O)CC2)c1. The van der Waals surface area contributed by atoms with E-state index < -0.39 is 0 Å². The van der Waals surface area contributed by atoms with Crippen LogP contribution in [0.4, 0.5) is 5.69 Å². The molecule has 114 valence electrons. The number of piperazine rings is 1. The van der Waals surface area contributed by atoms with Gasteiger partial charge in [-0.2, -0.15) is 0 Å². The Morgan fingerprint density at radius 3 is 2.52 bits per heavy atom. The fourth-order valence-electron chi connectivity index (χ4n) is 2.25. The van der Waals surface area contributed by atoms with Crippen LogP contribution in [0, 0.1) is 0 Å². The Labute approximate surface area is 125 Å². The van der Waals surface area contributed by atoms with Gasteiger partial charge in [0.1, 0.15) is 5.69 Å². The van der Waals surface area contributed by atoms with Crippen LogP contribution < -0.4 is 5.32 Å². The summed E-state index contributed by atoms with van der Waals surface area (Å²) >= 11 is 0. The fraction of sp³-hybridized carbons (Fsp3) is 0.533. The summed E-state index contributed by atoms with van der Waals surface area (Å²) in [6, 6.07) is 3.63. The highest BCUT2D eigenvalue weighted by molar-refractivity contribution is 5.93. The van der Waals surface area contributed by atoms with Crippen LogP contribution in [0.15, 0.2) is 18.3 Å². The second kappa shape index (κ2) is 6.11. The zero-order valence-corrected chi connectivity index (χ0v) is 12.8. The van der Waals surface area contributed by atoms with E-state index in [-0.39, 0.29) is 11.4 Å². The molecule has 1 aromatic rings. The molecule has 0 saturated carbocycles. The lowest BCUT2D eigenvalue weighted by Crippen LogP contribution is -2.48. The van der Waals surface area contributed by atoms with Crippen molar-refractivity contribution in [2.45, 2.75) is 26.3 Å². The fourth-order valence-corrected chi connectivity index (χ4v) is 2.25. The van der Waals surface area contributed by atoms with Crippen molar-refractivity contribution in [3.05, 3.63) is 24.0 Å². The van der Waals surface area contributed by atoms with E-state index >= 15 is 0 Å². The molecule has 1 N–H and O–H groups in total. The van der Waals surface area contributed by atoms with Crippen molar-refractivity contribution in [3.63, 3.8) is 0 Å². The smallest absolute Gasteiger partial charge is 0.272 e. The molecule has 0 unspecified atom stereocenters. The van der Waals surface area contributed by atoms with Gasteiger partial charge in [0.2, 0.25) is 6.41 Å². The summed E-state index contributed by atoms with van der Waals surface area (Å²) in [6.07, 6.45) is 2.47. The normalized spacial score (nSPS) is 15.8. The minimum atomic E-state index is -0.0851. The molecule has 2 heterocycles. The molecule has 6 heteroatoms. The van der Waals surface area contributed by atoms with Crippen molar-refractivity contribution in [3.8, 4) is 0 Å². The number of hydrogen-bond acceptors (Lipinski definition) is 4. The van der Waals surface area contributed by atoms with E-state index in [2.05, 4.69) is 31.1 Å². The van der Waals surface area contributed by atoms with Crippen LogP contribution in [0.2, 0.25) is 0 Å². The van der Waals surface area contributed by atoms with E-state index in [9.17, 15) is 9.59 Å². The zero-order chi connectivity index (χ0) is 15.5. The second-order valence-corrected chi connectivity index (χ2v) is 6.24. The van der Waals surface area contributed by atoms with E-state index in [0.29, 0.717) is 31.9 Å². The summed E-state index contributed by atoms with van der Waals surface area (Å²) < 4.78 is 0. The van der Waals surface area contributed by atoms with Gasteiger partial charge in [-0.05, 0) is 32.9 Å². The topological polar surface area (TPSA) is 65.5 Å². The number of hydrogen-bond donors (Lipinski definition) is 1. The van der Waals surface area contributed by atoms with Crippen LogP contribution >= 0.6 is 0 Å². The highest BCUT2D eigenvalue weighted by Crippen LogP contribution is 2.16. The molecule has 21 heavy (non-hydrogen) atoms. The molecule has 0 radical (unpaired) electrons. The van der Waals surface area contributed by atoms with E-state index in [1.54, 1.807) is 22.1 Å². The summed E-state index contributed by atoms with van der Waals surface area (Å²) in [5.74, 6) is -0.0851. The summed E-state index contributed by atoms with van der Waals surface area (Å²) in [5, 5.41) is 3.33. The van der Waals surface area contributed by atoms with Crippen LogP contribution in [-0.4, -0.2) is 58.8 Å². The Hall–Kier alpha value is -2.11. The van der Waals surface area contributed by atoms with Gasteiger partial charge in [-0.1, -0.05) is 0 Å². The maximum absolute atomic E-state index is 12.4. The van der Waals surface area contributed by atoms with Crippen molar-refractivity contribution >= 4 is 18.0 Å². The van der Waals surface area contributed by atoms with Crippen LogP contribution in [0.5, 0.6) is 0 Å². The number of carbonyl (C=O) groups is 2. The molecule has 1 fully saturated rings. The minimum absolute atomic E-state index is 0.0722. The van der Waals surface area contributed by atoms with Gasteiger partial charge in [0.25, 0.3) is 5.91 Å². The number of anilines is 1. The average Bonchev–Trinajstić information content (AvgIpc) is 2.45. The quantitative estimate of drug-likeness (QED) is 0.850. The van der Waals surface area contributed by atoms with Crippen LogP contribution in [0.3, 0.4) is 0 Å². The lowest BCUT2D eigenvalue weighted by atomic mass is 10.1. The van der Waals surface area contributed by atoms with Gasteiger partial charge < -0.3 is 15.1 Å². The molecule has 1 aliphatic heterocycles. The van der Waals surface area contributed by atoms with E-state index in [4.69, 9.17) is 0 Å². The van der Waals surface area contributed by atoms with Crippen molar-refractivity contribution in [2.24, 2.45) is 0 Å². The third kappa shape index (κ3) is 4.18. The summed E-state index contributed by atoms with van der Waals surface area (Å²) in [6.45, 7) is 8.45. The Morgan fingerprint density at radius 1 is 1.29 bits per heavy atom. The Balaban J connectivity index is 2.06. The van der Waals surface area contributed by atoms with Crippen molar-refractivity contribution < 1.29 is 9.59 Å². The van der Waals surface area contributed by atoms with Crippen LogP contribution in [0.25, 0.3) is 0 Å². The first-order valence-corrected chi connectivity index (χ1v) is 7.12. The largest absolute Gasteiger partial charge is 0.380 e. The molecule has 2 rings (SSSR count). The Morgan fingerprint density at radius 2 is 1.95 bits per heavy atom. The van der Waals surface area contributed by atoms with Gasteiger partial charge in [-0.25, -0.2) is 0 Å². The molecule has 0 aliphatic carbocycles. The van der Waals surface area contributed by atoms with Gasteiger partial charge in [0.05, 0.1) is 0 Å². The molecular formula is C15H22N4O2. The molecule has 0 spiro atoms. The maximum Gasteiger partial charge on any atom is 0.272 e. The first-order chi connectivity index (χ1) is 9.89. The minimum Gasteiger partial charge on any atom is -0.380 e. The average molecular weight is 290 g/mol. The van der Waals surface area contributed by atoms with Crippen LogP contribution in [0.1, 0.15) is 31.3 Å². The number of pyridine rings is 1. The van der Waals surface area contributed by atoms with Crippen LogP contribution in [-0.2, 0) is 4.79 Å². The second-order valence-electron chi connectivity index (χ2n) is 6.24. The number of rotatable bonds is 3. The molecular weight excluding hydrogens is 268 g/mol. The molecule has 1 saturated heterocycles. The van der Waals surface area contributed by atoms with Crippen molar-refractivity contribution in [1.29, 1.82) is 0 Å². The summed E-state index contributed by atoms with van der Waals surface area (Å²) in [7, 11) is 0. The predicted octanol–water partition coefficient (Wildman–Crippen LogP) is 1.21. The maximum atomic E-state index is 12.4.